The Hall–Kier alpha value is -2.39. The monoisotopic (exact) mass is 470 g/mol. The summed E-state index contributed by atoms with van der Waals surface area (Å²) in [4.78, 5) is 25.2. The first kappa shape index (κ1) is 23.9. The van der Waals surface area contributed by atoms with Gasteiger partial charge in [-0.05, 0) is 29.3 Å². The number of ether oxygens (including phenoxy) is 1. The van der Waals surface area contributed by atoms with Crippen LogP contribution in [0.2, 0.25) is 10.0 Å². The van der Waals surface area contributed by atoms with E-state index in [0.29, 0.717) is 15.6 Å². The molecule has 0 aliphatic carbocycles. The number of likely N-dealkylation sites (N-methyl/N-ethyl adjacent to an activating group) is 1. The average Bonchev–Trinajstić information content (AvgIpc) is 2.72. The summed E-state index contributed by atoms with van der Waals surface area (Å²) in [5.41, 5.74) is 1.45. The van der Waals surface area contributed by atoms with Crippen LogP contribution >= 0.6 is 23.2 Å². The topological polar surface area (TPSA) is 92.8 Å². The van der Waals surface area contributed by atoms with Crippen molar-refractivity contribution in [3.63, 3.8) is 0 Å². The minimum atomic E-state index is -3.83. The molecule has 1 N–H and O–H groups in total. The van der Waals surface area contributed by atoms with Crippen molar-refractivity contribution in [2.24, 2.45) is 0 Å². The smallest absolute Gasteiger partial charge is 0.321 e. The molecule has 1 amide bonds. The second-order valence-corrected chi connectivity index (χ2v) is 8.70. The summed E-state index contributed by atoms with van der Waals surface area (Å²) >= 11 is 11.8. The Morgan fingerprint density at radius 3 is 2.47 bits per heavy atom. The third kappa shape index (κ3) is 8.16. The number of benzene rings is 2. The maximum Gasteiger partial charge on any atom is 0.321 e. The number of nitrogens with one attached hydrogen (secondary N) is 1. The van der Waals surface area contributed by atoms with Gasteiger partial charge in [0.15, 0.2) is 6.61 Å². The van der Waals surface area contributed by atoms with E-state index in [2.05, 4.69) is 4.72 Å². The number of carbonyl (C=O) groups excluding carboxylic acids is 2. The van der Waals surface area contributed by atoms with Gasteiger partial charge in [0.05, 0.1) is 10.0 Å². The van der Waals surface area contributed by atoms with Crippen molar-refractivity contribution in [3.8, 4) is 0 Å². The van der Waals surface area contributed by atoms with Crippen molar-refractivity contribution < 1.29 is 22.7 Å². The third-order valence-electron chi connectivity index (χ3n) is 3.84. The van der Waals surface area contributed by atoms with Crippen LogP contribution < -0.4 is 4.72 Å². The van der Waals surface area contributed by atoms with Crippen LogP contribution in [-0.2, 0) is 30.9 Å². The average molecular weight is 471 g/mol. The molecule has 0 atom stereocenters. The molecule has 0 spiro atoms. The number of esters is 1. The van der Waals surface area contributed by atoms with Crippen LogP contribution in [0.5, 0.6) is 0 Å². The van der Waals surface area contributed by atoms with E-state index in [1.165, 1.54) is 18.0 Å². The zero-order valence-corrected chi connectivity index (χ0v) is 18.4. The van der Waals surface area contributed by atoms with Gasteiger partial charge in [-0.1, -0.05) is 59.6 Å². The molecule has 30 heavy (non-hydrogen) atoms. The molecule has 0 heterocycles. The SMILES string of the molecule is CN(Cc1ccc(Cl)c(Cl)c1)C(=O)COC(=O)CNS(=O)(=O)/C=C/c1ccccc1. The molecule has 2 aromatic carbocycles. The van der Waals surface area contributed by atoms with Gasteiger partial charge < -0.3 is 9.64 Å². The lowest BCUT2D eigenvalue weighted by Gasteiger charge is -2.17. The van der Waals surface area contributed by atoms with E-state index < -0.39 is 35.1 Å². The summed E-state index contributed by atoms with van der Waals surface area (Å²) in [6.07, 6.45) is 1.40. The summed E-state index contributed by atoms with van der Waals surface area (Å²) in [5, 5.41) is 1.73. The van der Waals surface area contributed by atoms with Crippen LogP contribution in [0.1, 0.15) is 11.1 Å². The highest BCUT2D eigenvalue weighted by atomic mass is 35.5. The fourth-order valence-corrected chi connectivity index (χ4v) is 3.32. The summed E-state index contributed by atoms with van der Waals surface area (Å²) < 4.78 is 30.7. The summed E-state index contributed by atoms with van der Waals surface area (Å²) in [6, 6.07) is 13.8. The van der Waals surface area contributed by atoms with Crippen molar-refractivity contribution in [2.45, 2.75) is 6.54 Å². The molecule has 2 aromatic rings. The fraction of sp³-hybridized carbons (Fsp3) is 0.200. The van der Waals surface area contributed by atoms with Gasteiger partial charge in [0, 0.05) is 19.0 Å². The van der Waals surface area contributed by atoms with E-state index in [4.69, 9.17) is 27.9 Å². The van der Waals surface area contributed by atoms with Crippen LogP contribution in [0.3, 0.4) is 0 Å². The lowest BCUT2D eigenvalue weighted by atomic mass is 10.2. The van der Waals surface area contributed by atoms with E-state index in [0.717, 1.165) is 11.0 Å². The number of halogens is 2. The number of rotatable bonds is 9. The lowest BCUT2D eigenvalue weighted by molar-refractivity contribution is -0.150. The molecule has 2 rings (SSSR count). The Morgan fingerprint density at radius 2 is 1.80 bits per heavy atom. The zero-order valence-electron chi connectivity index (χ0n) is 16.0. The molecule has 7 nitrogen and oxygen atoms in total. The minimum Gasteiger partial charge on any atom is -0.455 e. The van der Waals surface area contributed by atoms with Crippen molar-refractivity contribution in [1.29, 1.82) is 0 Å². The predicted molar refractivity (Wildman–Crippen MR) is 116 cm³/mol. The molecular formula is C20H20Cl2N2O5S. The fourth-order valence-electron chi connectivity index (χ4n) is 2.24. The van der Waals surface area contributed by atoms with Gasteiger partial charge >= 0.3 is 5.97 Å². The van der Waals surface area contributed by atoms with E-state index >= 15 is 0 Å². The van der Waals surface area contributed by atoms with Gasteiger partial charge in [0.2, 0.25) is 10.0 Å². The molecule has 0 aliphatic rings. The molecule has 0 fully saturated rings. The van der Waals surface area contributed by atoms with Crippen molar-refractivity contribution >= 4 is 51.2 Å². The molecular weight excluding hydrogens is 451 g/mol. The van der Waals surface area contributed by atoms with Gasteiger partial charge in [0.1, 0.15) is 6.54 Å². The molecule has 0 bridgehead atoms. The number of carbonyl (C=O) groups is 2. The molecule has 0 saturated carbocycles. The molecule has 10 heteroatoms. The van der Waals surface area contributed by atoms with Gasteiger partial charge in [-0.25, -0.2) is 13.1 Å². The van der Waals surface area contributed by atoms with E-state index in [1.807, 2.05) is 6.07 Å². The van der Waals surface area contributed by atoms with Crippen LogP contribution in [0.25, 0.3) is 6.08 Å². The highest BCUT2D eigenvalue weighted by Gasteiger charge is 2.15. The van der Waals surface area contributed by atoms with Crippen molar-refractivity contribution in [3.05, 3.63) is 75.1 Å². The summed E-state index contributed by atoms with van der Waals surface area (Å²) in [6.45, 7) is -0.867. The predicted octanol–water partition coefficient (Wildman–Crippen LogP) is 3.09. The second-order valence-electron chi connectivity index (χ2n) is 6.24. The van der Waals surface area contributed by atoms with Crippen LogP contribution in [0.4, 0.5) is 0 Å². The Balaban J connectivity index is 1.77. The zero-order chi connectivity index (χ0) is 22.1. The maximum absolute atomic E-state index is 12.1. The van der Waals surface area contributed by atoms with Gasteiger partial charge in [-0.3, -0.25) is 9.59 Å². The first-order chi connectivity index (χ1) is 14.2. The Kier molecular flexibility index (Phi) is 8.86. The Morgan fingerprint density at radius 1 is 1.10 bits per heavy atom. The van der Waals surface area contributed by atoms with Crippen LogP contribution in [-0.4, -0.2) is 45.4 Å². The number of hydrogen-bond acceptors (Lipinski definition) is 5. The largest absolute Gasteiger partial charge is 0.455 e. The third-order valence-corrected chi connectivity index (χ3v) is 5.62. The Bertz CT molecular complexity index is 1030. The molecule has 0 saturated heterocycles. The number of hydrogen-bond donors (Lipinski definition) is 1. The molecule has 0 aromatic heterocycles. The number of sulfonamides is 1. The molecule has 160 valence electrons. The second kappa shape index (κ2) is 11.1. The van der Waals surface area contributed by atoms with E-state index in [1.54, 1.807) is 42.5 Å². The normalized spacial score (nSPS) is 11.4. The lowest BCUT2D eigenvalue weighted by Crippen LogP contribution is -2.34. The van der Waals surface area contributed by atoms with Crippen molar-refractivity contribution in [2.75, 3.05) is 20.2 Å². The quantitative estimate of drug-likeness (QED) is 0.568. The molecule has 0 unspecified atom stereocenters. The summed E-state index contributed by atoms with van der Waals surface area (Å²) in [7, 11) is -2.29. The van der Waals surface area contributed by atoms with Gasteiger partial charge in [-0.15, -0.1) is 0 Å². The maximum atomic E-state index is 12.1. The minimum absolute atomic E-state index is 0.240. The molecule has 0 radical (unpaired) electrons. The van der Waals surface area contributed by atoms with Crippen LogP contribution in [0, 0.1) is 0 Å². The number of amides is 1. The van der Waals surface area contributed by atoms with Crippen LogP contribution in [0.15, 0.2) is 53.9 Å². The number of nitrogens with zero attached hydrogens (tertiary/aromatic N) is 1. The van der Waals surface area contributed by atoms with E-state index in [9.17, 15) is 18.0 Å². The summed E-state index contributed by atoms with van der Waals surface area (Å²) in [5.74, 6) is -1.33. The van der Waals surface area contributed by atoms with Gasteiger partial charge in [-0.2, -0.15) is 0 Å². The Labute approximate surface area is 185 Å². The first-order valence-corrected chi connectivity index (χ1v) is 11.0. The first-order valence-electron chi connectivity index (χ1n) is 8.72. The highest BCUT2D eigenvalue weighted by Crippen LogP contribution is 2.23. The highest BCUT2D eigenvalue weighted by molar-refractivity contribution is 7.92. The van der Waals surface area contributed by atoms with Gasteiger partial charge in [0.25, 0.3) is 5.91 Å². The standard InChI is InChI=1S/C20H20Cl2N2O5S/c1-24(13-16-7-8-17(21)18(22)11-16)19(25)14-29-20(26)12-23-30(27,28)10-9-15-5-3-2-4-6-15/h2-11,23H,12-14H2,1H3/b10-9+. The molecule has 0 aliphatic heterocycles. The van der Waals surface area contributed by atoms with Crippen molar-refractivity contribution in [1.82, 2.24) is 9.62 Å². The van der Waals surface area contributed by atoms with E-state index in [-0.39, 0.29) is 6.54 Å².